The van der Waals surface area contributed by atoms with Crippen molar-refractivity contribution in [2.45, 2.75) is 117 Å². The molecule has 0 bridgehead atoms. The van der Waals surface area contributed by atoms with Gasteiger partial charge in [0, 0.05) is 31.4 Å². The second-order valence-electron chi connectivity index (χ2n) is 8.82. The molecular formula is C25H51NO5SSi. The van der Waals surface area contributed by atoms with Crippen molar-refractivity contribution in [2.75, 3.05) is 33.1 Å². The summed E-state index contributed by atoms with van der Waals surface area (Å²) in [5.41, 5.74) is 0. The van der Waals surface area contributed by atoms with Gasteiger partial charge in [-0.2, -0.15) is 0 Å². The lowest BCUT2D eigenvalue weighted by Crippen LogP contribution is -2.50. The summed E-state index contributed by atoms with van der Waals surface area (Å²) in [5.74, 6) is 0.340. The maximum Gasteiger partial charge on any atom is 0.502 e. The first-order valence-corrected chi connectivity index (χ1v) is 16.1. The molecule has 0 aromatic heterocycles. The Balaban J connectivity index is 4.12. The third-order valence-corrected chi connectivity index (χ3v) is 9.76. The fourth-order valence-electron chi connectivity index (χ4n) is 3.53. The number of unbranched alkanes of at least 4 members (excludes halogenated alkanes) is 9. The predicted octanol–water partition coefficient (Wildman–Crippen LogP) is 6.45. The Bertz CT molecular complexity index is 501. The van der Waals surface area contributed by atoms with Gasteiger partial charge in [-0.1, -0.05) is 76.5 Å². The predicted molar refractivity (Wildman–Crippen MR) is 142 cm³/mol. The van der Waals surface area contributed by atoms with E-state index in [1.54, 1.807) is 0 Å². The molecule has 0 radical (unpaired) electrons. The zero-order valence-electron chi connectivity index (χ0n) is 22.3. The Morgan fingerprint density at radius 1 is 0.818 bits per heavy atom. The van der Waals surface area contributed by atoms with Crippen molar-refractivity contribution >= 4 is 31.5 Å². The van der Waals surface area contributed by atoms with Crippen LogP contribution in [0.25, 0.3) is 0 Å². The quantitative estimate of drug-likeness (QED) is 0.0684. The molecule has 0 aliphatic heterocycles. The molecule has 6 nitrogen and oxygen atoms in total. The van der Waals surface area contributed by atoms with Crippen LogP contribution in [-0.4, -0.2) is 63.9 Å². The molecule has 1 atom stereocenters. The molecule has 0 amide bonds. The maximum atomic E-state index is 12.2. The van der Waals surface area contributed by atoms with Crippen LogP contribution in [0.4, 0.5) is 0 Å². The van der Waals surface area contributed by atoms with Crippen LogP contribution >= 0.6 is 11.8 Å². The van der Waals surface area contributed by atoms with Crippen molar-refractivity contribution in [1.29, 1.82) is 0 Å². The summed E-state index contributed by atoms with van der Waals surface area (Å²) in [6.07, 6.45) is 13.2. The van der Waals surface area contributed by atoms with Crippen molar-refractivity contribution in [1.82, 2.24) is 4.90 Å². The molecule has 0 saturated carbocycles. The molecule has 0 N–H and O–H groups in total. The van der Waals surface area contributed by atoms with Crippen molar-refractivity contribution in [3.8, 4) is 0 Å². The van der Waals surface area contributed by atoms with Gasteiger partial charge in [-0.15, -0.1) is 0 Å². The summed E-state index contributed by atoms with van der Waals surface area (Å²) in [6, 6.07) is 0.639. The summed E-state index contributed by atoms with van der Waals surface area (Å²) in [6.45, 7) is 9.14. The minimum atomic E-state index is -2.82. The highest BCUT2D eigenvalue weighted by Gasteiger charge is 2.42. The molecule has 0 aromatic rings. The summed E-state index contributed by atoms with van der Waals surface area (Å²) in [4.78, 5) is 26.3. The molecule has 1 unspecified atom stereocenters. The molecule has 0 rings (SSSR count). The van der Waals surface area contributed by atoms with Crippen LogP contribution in [0.3, 0.4) is 0 Å². The van der Waals surface area contributed by atoms with Crippen molar-refractivity contribution in [2.24, 2.45) is 0 Å². The van der Waals surface area contributed by atoms with Gasteiger partial charge in [0.05, 0.1) is 0 Å². The first kappa shape index (κ1) is 32.7. The monoisotopic (exact) mass is 505 g/mol. The largest absolute Gasteiger partial charge is 0.502 e. The highest BCUT2D eigenvalue weighted by atomic mass is 32.2. The van der Waals surface area contributed by atoms with Crippen molar-refractivity contribution < 1.29 is 22.9 Å². The SMILES string of the molecule is CCCCCCCCCCCCC(=O)C(=O)SCCC[Si](OCC)(OCC)OC(C)N(C)C. The van der Waals surface area contributed by atoms with Gasteiger partial charge >= 0.3 is 8.80 Å². The number of ketones is 1. The summed E-state index contributed by atoms with van der Waals surface area (Å²) >= 11 is 1.12. The van der Waals surface area contributed by atoms with Crippen LogP contribution < -0.4 is 0 Å². The summed E-state index contributed by atoms with van der Waals surface area (Å²) in [5, 5.41) is -0.311. The van der Waals surface area contributed by atoms with E-state index in [2.05, 4.69) is 6.92 Å². The van der Waals surface area contributed by atoms with Crippen LogP contribution in [0, 0.1) is 0 Å². The van der Waals surface area contributed by atoms with Gasteiger partial charge in [-0.3, -0.25) is 14.5 Å². The molecule has 8 heteroatoms. The highest BCUT2D eigenvalue weighted by molar-refractivity contribution is 8.15. The smallest absolute Gasteiger partial charge is 0.374 e. The fraction of sp³-hybridized carbons (Fsp3) is 0.920. The third kappa shape index (κ3) is 16.9. The summed E-state index contributed by atoms with van der Waals surface area (Å²) < 4.78 is 18.2. The number of thioether (sulfide) groups is 1. The Labute approximate surface area is 209 Å². The van der Waals surface area contributed by atoms with Crippen molar-refractivity contribution in [3.05, 3.63) is 0 Å². The normalized spacial score (nSPS) is 12.9. The van der Waals surface area contributed by atoms with Gasteiger partial charge in [-0.05, 0) is 47.7 Å². The van der Waals surface area contributed by atoms with Crippen LogP contribution in [0.15, 0.2) is 0 Å². The number of hydrogen-bond acceptors (Lipinski definition) is 7. The fourth-order valence-corrected chi connectivity index (χ4v) is 7.37. The van der Waals surface area contributed by atoms with Crippen LogP contribution in [0.1, 0.15) is 105 Å². The zero-order chi connectivity index (χ0) is 25.0. The van der Waals surface area contributed by atoms with Crippen LogP contribution in [0.2, 0.25) is 6.04 Å². The Morgan fingerprint density at radius 3 is 1.82 bits per heavy atom. The molecular weight excluding hydrogens is 454 g/mol. The number of rotatable bonds is 23. The number of Topliss-reactive ketones (excluding diaryl/α,β-unsaturated/α-hetero) is 1. The van der Waals surface area contributed by atoms with E-state index in [1.165, 1.54) is 44.9 Å². The van der Waals surface area contributed by atoms with E-state index in [0.29, 0.717) is 37.9 Å². The van der Waals surface area contributed by atoms with Crippen molar-refractivity contribution in [3.63, 3.8) is 0 Å². The molecule has 0 fully saturated rings. The lowest BCUT2D eigenvalue weighted by Gasteiger charge is -2.34. The first-order valence-electron chi connectivity index (χ1n) is 13.1. The Hall–Kier alpha value is -0.253. The van der Waals surface area contributed by atoms with E-state index in [0.717, 1.165) is 31.0 Å². The van der Waals surface area contributed by atoms with Gasteiger partial charge in [0.1, 0.15) is 6.23 Å². The molecule has 0 saturated heterocycles. The molecule has 0 spiro atoms. The number of carbonyl (C=O) groups is 2. The molecule has 33 heavy (non-hydrogen) atoms. The average Bonchev–Trinajstić information content (AvgIpc) is 2.78. The number of hydrogen-bond donors (Lipinski definition) is 0. The third-order valence-electron chi connectivity index (χ3n) is 5.65. The number of carbonyl (C=O) groups excluding carboxylic acids is 2. The molecule has 0 aliphatic rings. The average molecular weight is 506 g/mol. The molecule has 0 aromatic carbocycles. The maximum absolute atomic E-state index is 12.2. The minimum absolute atomic E-state index is 0.119. The van der Waals surface area contributed by atoms with E-state index in [1.807, 2.05) is 39.8 Å². The van der Waals surface area contributed by atoms with Gasteiger partial charge in [0.15, 0.2) is 0 Å². The molecule has 0 aliphatic carbocycles. The highest BCUT2D eigenvalue weighted by Crippen LogP contribution is 2.23. The topological polar surface area (TPSA) is 65.1 Å². The second kappa shape index (κ2) is 21.1. The van der Waals surface area contributed by atoms with E-state index < -0.39 is 8.80 Å². The van der Waals surface area contributed by atoms with E-state index in [9.17, 15) is 9.59 Å². The minimum Gasteiger partial charge on any atom is -0.374 e. The first-order chi connectivity index (χ1) is 15.8. The zero-order valence-corrected chi connectivity index (χ0v) is 24.1. The molecule has 0 heterocycles. The summed E-state index contributed by atoms with van der Waals surface area (Å²) in [7, 11) is 1.09. The van der Waals surface area contributed by atoms with E-state index >= 15 is 0 Å². The number of nitrogens with zero attached hydrogens (tertiary/aromatic N) is 1. The van der Waals surface area contributed by atoms with E-state index in [4.69, 9.17) is 13.3 Å². The van der Waals surface area contributed by atoms with Crippen LogP contribution in [0.5, 0.6) is 0 Å². The van der Waals surface area contributed by atoms with Gasteiger partial charge in [0.25, 0.3) is 5.12 Å². The Morgan fingerprint density at radius 2 is 1.33 bits per heavy atom. The van der Waals surface area contributed by atoms with E-state index in [-0.39, 0.29) is 17.1 Å². The standard InChI is InChI=1S/C25H51NO5SSi/c1-7-10-11-12-13-14-15-16-17-18-20-24(27)25(28)32-21-19-22-33(29-8-2,30-9-3)31-23(4)26(5)6/h23H,7-22H2,1-6H3. The van der Waals surface area contributed by atoms with Gasteiger partial charge in [0.2, 0.25) is 5.78 Å². The van der Waals surface area contributed by atoms with Gasteiger partial charge in [-0.25, -0.2) is 0 Å². The van der Waals surface area contributed by atoms with Gasteiger partial charge < -0.3 is 13.3 Å². The lowest BCUT2D eigenvalue weighted by molar-refractivity contribution is -0.131. The Kier molecular flexibility index (Phi) is 20.9. The molecule has 196 valence electrons. The van der Waals surface area contributed by atoms with Crippen LogP contribution in [-0.2, 0) is 22.9 Å². The lowest BCUT2D eigenvalue weighted by atomic mass is 10.1. The second-order valence-corrected chi connectivity index (χ2v) is 12.6.